The van der Waals surface area contributed by atoms with Crippen LogP contribution in [0.25, 0.3) is 0 Å². The van der Waals surface area contributed by atoms with Crippen molar-refractivity contribution in [1.82, 2.24) is 15.3 Å². The minimum atomic E-state index is -0.858. The second-order valence-corrected chi connectivity index (χ2v) is 4.84. The van der Waals surface area contributed by atoms with Gasteiger partial charge in [-0.3, -0.25) is 25.2 Å². The smallest absolute Gasteiger partial charge is 0.288 e. The zero-order valence-electron chi connectivity index (χ0n) is 12.5. The number of hydroxylamine groups is 1. The number of hydrogen-bond acceptors (Lipinski definition) is 6. The first-order chi connectivity index (χ1) is 9.90. The maximum Gasteiger partial charge on any atom is 0.288 e. The van der Waals surface area contributed by atoms with E-state index >= 15 is 0 Å². The molecule has 0 saturated carbocycles. The summed E-state index contributed by atoms with van der Waals surface area (Å²) in [4.78, 5) is 31.1. The van der Waals surface area contributed by atoms with Crippen LogP contribution in [0.1, 0.15) is 13.3 Å². The fourth-order valence-corrected chi connectivity index (χ4v) is 2.05. The summed E-state index contributed by atoms with van der Waals surface area (Å²) < 4.78 is 0. The normalized spacial score (nSPS) is 15.3. The predicted octanol–water partition coefficient (Wildman–Crippen LogP) is -0.350. The molecule has 1 rings (SSSR count). The van der Waals surface area contributed by atoms with Crippen molar-refractivity contribution in [2.45, 2.75) is 13.3 Å². The van der Waals surface area contributed by atoms with E-state index in [-0.39, 0.29) is 24.6 Å². The molecule has 3 N–H and O–H groups in total. The standard InChI is InChI=1S/C13H21N5O3/c1-4-11(17(2)3)13(20)18-6-5-15-9(8-18)7-10(14)12(19)16-21/h4,14,21H,5-8H2,1-3H3,(H,16,19). The van der Waals surface area contributed by atoms with Gasteiger partial charge in [0.05, 0.1) is 18.8 Å². The number of nitrogens with zero attached hydrogens (tertiary/aromatic N) is 3. The molecule has 0 radical (unpaired) electrons. The lowest BCUT2D eigenvalue weighted by Gasteiger charge is -2.29. The molecule has 8 nitrogen and oxygen atoms in total. The lowest BCUT2D eigenvalue weighted by molar-refractivity contribution is -0.127. The van der Waals surface area contributed by atoms with Gasteiger partial charge in [0, 0.05) is 32.8 Å². The molecule has 1 aliphatic heterocycles. The molecular formula is C13H21N5O3. The van der Waals surface area contributed by atoms with Crippen molar-refractivity contribution in [2.24, 2.45) is 4.99 Å². The predicted molar refractivity (Wildman–Crippen MR) is 78.6 cm³/mol. The molecule has 0 fully saturated rings. The lowest BCUT2D eigenvalue weighted by atomic mass is 10.1. The number of hydrogen-bond donors (Lipinski definition) is 3. The maximum absolute atomic E-state index is 12.4. The van der Waals surface area contributed by atoms with E-state index < -0.39 is 5.91 Å². The Balaban J connectivity index is 2.72. The van der Waals surface area contributed by atoms with Gasteiger partial charge < -0.3 is 9.80 Å². The van der Waals surface area contributed by atoms with Gasteiger partial charge in [0.1, 0.15) is 5.71 Å². The summed E-state index contributed by atoms with van der Waals surface area (Å²) in [5.41, 5.74) is 2.29. The first kappa shape index (κ1) is 16.8. The molecule has 0 atom stereocenters. The van der Waals surface area contributed by atoms with Crippen LogP contribution in [0.2, 0.25) is 0 Å². The third-order valence-corrected chi connectivity index (χ3v) is 3.10. The zero-order valence-corrected chi connectivity index (χ0v) is 12.5. The van der Waals surface area contributed by atoms with Crippen LogP contribution in [0.3, 0.4) is 0 Å². The van der Waals surface area contributed by atoms with Gasteiger partial charge in [0.15, 0.2) is 0 Å². The maximum atomic E-state index is 12.4. The van der Waals surface area contributed by atoms with Gasteiger partial charge in [-0.2, -0.15) is 0 Å². The van der Waals surface area contributed by atoms with Crippen LogP contribution in [-0.4, -0.2) is 72.0 Å². The Labute approximate surface area is 123 Å². The summed E-state index contributed by atoms with van der Waals surface area (Å²) >= 11 is 0. The Hall–Kier alpha value is -2.22. The van der Waals surface area contributed by atoms with Crippen molar-refractivity contribution < 1.29 is 14.8 Å². The molecule has 2 amide bonds. The van der Waals surface area contributed by atoms with E-state index in [1.54, 1.807) is 36.9 Å². The largest absolute Gasteiger partial charge is 0.373 e. The highest BCUT2D eigenvalue weighted by atomic mass is 16.5. The van der Waals surface area contributed by atoms with Crippen molar-refractivity contribution in [3.05, 3.63) is 11.8 Å². The molecule has 0 saturated heterocycles. The minimum Gasteiger partial charge on any atom is -0.373 e. The van der Waals surface area contributed by atoms with Crippen LogP contribution in [0.5, 0.6) is 0 Å². The molecule has 1 heterocycles. The summed E-state index contributed by atoms with van der Waals surface area (Å²) in [7, 11) is 3.60. The molecule has 0 aromatic carbocycles. The quantitative estimate of drug-likeness (QED) is 0.279. The average molecular weight is 295 g/mol. The van der Waals surface area contributed by atoms with Crippen molar-refractivity contribution in [1.29, 1.82) is 5.41 Å². The molecule has 0 spiro atoms. The van der Waals surface area contributed by atoms with Crippen molar-refractivity contribution in [2.75, 3.05) is 33.7 Å². The van der Waals surface area contributed by atoms with Crippen LogP contribution >= 0.6 is 0 Å². The molecule has 8 heteroatoms. The number of aliphatic imine (C=N–C) groups is 1. The third kappa shape index (κ3) is 4.38. The molecule has 21 heavy (non-hydrogen) atoms. The van der Waals surface area contributed by atoms with Gasteiger partial charge >= 0.3 is 0 Å². The first-order valence-corrected chi connectivity index (χ1v) is 6.57. The van der Waals surface area contributed by atoms with Gasteiger partial charge in [-0.1, -0.05) is 6.08 Å². The number of rotatable bonds is 5. The van der Waals surface area contributed by atoms with E-state index in [4.69, 9.17) is 10.6 Å². The van der Waals surface area contributed by atoms with Gasteiger partial charge in [0.2, 0.25) is 0 Å². The Morgan fingerprint density at radius 3 is 2.71 bits per heavy atom. The highest BCUT2D eigenvalue weighted by Crippen LogP contribution is 2.09. The molecule has 1 aliphatic rings. The van der Waals surface area contributed by atoms with E-state index in [2.05, 4.69) is 4.99 Å². The molecule has 0 aromatic heterocycles. The van der Waals surface area contributed by atoms with Crippen LogP contribution in [0, 0.1) is 5.41 Å². The lowest BCUT2D eigenvalue weighted by Crippen LogP contribution is -2.44. The van der Waals surface area contributed by atoms with Crippen LogP contribution in [-0.2, 0) is 9.59 Å². The Bertz CT molecular complexity index is 496. The molecule has 0 aromatic rings. The zero-order chi connectivity index (χ0) is 16.0. The van der Waals surface area contributed by atoms with Crippen LogP contribution in [0.15, 0.2) is 16.8 Å². The number of amides is 2. The minimum absolute atomic E-state index is 0.0172. The van der Waals surface area contributed by atoms with Gasteiger partial charge in [-0.15, -0.1) is 0 Å². The van der Waals surface area contributed by atoms with Crippen molar-refractivity contribution in [3.63, 3.8) is 0 Å². The Morgan fingerprint density at radius 2 is 2.19 bits per heavy atom. The summed E-state index contributed by atoms with van der Waals surface area (Å²) in [6.45, 7) is 3.03. The molecule has 0 unspecified atom stereocenters. The van der Waals surface area contributed by atoms with E-state index in [9.17, 15) is 9.59 Å². The third-order valence-electron chi connectivity index (χ3n) is 3.10. The van der Waals surface area contributed by atoms with Crippen molar-refractivity contribution in [3.8, 4) is 0 Å². The summed E-state index contributed by atoms with van der Waals surface area (Å²) in [6.07, 6.45) is 1.76. The van der Waals surface area contributed by atoms with E-state index in [1.807, 2.05) is 0 Å². The fourth-order valence-electron chi connectivity index (χ4n) is 2.05. The number of nitrogens with one attached hydrogen (secondary N) is 2. The van der Waals surface area contributed by atoms with Gasteiger partial charge in [-0.25, -0.2) is 5.48 Å². The van der Waals surface area contributed by atoms with Gasteiger partial charge in [0.25, 0.3) is 11.8 Å². The summed E-state index contributed by atoms with van der Waals surface area (Å²) in [5, 5.41) is 16.0. The van der Waals surface area contributed by atoms with E-state index in [1.165, 1.54) is 5.48 Å². The molecular weight excluding hydrogens is 274 g/mol. The molecule has 0 bridgehead atoms. The average Bonchev–Trinajstić information content (AvgIpc) is 2.46. The number of likely N-dealkylation sites (N-methyl/N-ethyl adjacent to an activating group) is 1. The first-order valence-electron chi connectivity index (χ1n) is 6.57. The van der Waals surface area contributed by atoms with E-state index in [0.717, 1.165) is 0 Å². The monoisotopic (exact) mass is 295 g/mol. The van der Waals surface area contributed by atoms with Crippen LogP contribution in [0.4, 0.5) is 0 Å². The number of carbonyl (C=O) groups is 2. The second-order valence-electron chi connectivity index (χ2n) is 4.84. The highest BCUT2D eigenvalue weighted by molar-refractivity contribution is 6.40. The SMILES string of the molecule is CC=C(C(=O)N1CCN=C(CC(=N)C(=O)NO)C1)N(C)C. The van der Waals surface area contributed by atoms with Crippen molar-refractivity contribution >= 4 is 23.2 Å². The topological polar surface area (TPSA) is 109 Å². The van der Waals surface area contributed by atoms with E-state index in [0.29, 0.717) is 24.5 Å². The Kier molecular flexibility index (Phi) is 6.04. The molecule has 116 valence electrons. The number of allylic oxidation sites excluding steroid dienone is 1. The van der Waals surface area contributed by atoms with Crippen LogP contribution < -0.4 is 5.48 Å². The molecule has 0 aliphatic carbocycles. The fraction of sp³-hybridized carbons (Fsp3) is 0.538. The van der Waals surface area contributed by atoms with Gasteiger partial charge in [-0.05, 0) is 6.92 Å². The Morgan fingerprint density at radius 1 is 1.52 bits per heavy atom. The highest BCUT2D eigenvalue weighted by Gasteiger charge is 2.24. The summed E-state index contributed by atoms with van der Waals surface area (Å²) in [5.74, 6) is -0.961. The second kappa shape index (κ2) is 7.53. The summed E-state index contributed by atoms with van der Waals surface area (Å²) in [6, 6.07) is 0. The number of carbonyl (C=O) groups excluding carboxylic acids is 2.